The van der Waals surface area contributed by atoms with E-state index in [9.17, 15) is 4.79 Å². The minimum absolute atomic E-state index is 0.132. The Balaban J connectivity index is 1.87. The Morgan fingerprint density at radius 2 is 2.19 bits per heavy atom. The van der Waals surface area contributed by atoms with Crippen molar-refractivity contribution < 1.29 is 4.79 Å². The zero-order valence-electron chi connectivity index (χ0n) is 12.4. The Kier molecular flexibility index (Phi) is 3.97. The van der Waals surface area contributed by atoms with Gasteiger partial charge in [0.15, 0.2) is 0 Å². The first-order chi connectivity index (χ1) is 10.2. The summed E-state index contributed by atoms with van der Waals surface area (Å²) >= 11 is 1.68. The number of benzene rings is 1. The maximum absolute atomic E-state index is 12.9. The van der Waals surface area contributed by atoms with Crippen LogP contribution in [0.4, 0.5) is 5.69 Å². The Hall–Kier alpha value is -1.81. The summed E-state index contributed by atoms with van der Waals surface area (Å²) in [4.78, 5) is 15.0. The predicted octanol–water partition coefficient (Wildman–Crippen LogP) is 3.90. The summed E-state index contributed by atoms with van der Waals surface area (Å²) in [5.74, 6) is 0.132. The van der Waals surface area contributed by atoms with E-state index in [1.807, 2.05) is 37.1 Å². The minimum atomic E-state index is 0.132. The van der Waals surface area contributed by atoms with Gasteiger partial charge in [0.05, 0.1) is 5.56 Å². The normalized spacial score (nSPS) is 14.0. The standard InChI is InChI=1S/C17H20N2OS/c1-12-3-6-15(16(9-12)18-2)17(20)19(14-4-5-14)10-13-7-8-21-11-13/h3,6-9,11,14,18H,4-5,10H2,1-2H3. The van der Waals surface area contributed by atoms with Gasteiger partial charge < -0.3 is 10.2 Å². The molecule has 2 aromatic rings. The van der Waals surface area contributed by atoms with Gasteiger partial charge in [0.2, 0.25) is 0 Å². The lowest BCUT2D eigenvalue weighted by atomic mass is 10.1. The molecule has 1 aromatic heterocycles. The quantitative estimate of drug-likeness (QED) is 0.908. The van der Waals surface area contributed by atoms with Crippen molar-refractivity contribution in [2.75, 3.05) is 12.4 Å². The van der Waals surface area contributed by atoms with Crippen LogP contribution in [0.15, 0.2) is 35.0 Å². The molecule has 0 bridgehead atoms. The van der Waals surface area contributed by atoms with Crippen LogP contribution in [-0.4, -0.2) is 23.9 Å². The van der Waals surface area contributed by atoms with E-state index in [1.165, 1.54) is 5.56 Å². The number of carbonyl (C=O) groups is 1. The van der Waals surface area contributed by atoms with Crippen LogP contribution in [0, 0.1) is 6.92 Å². The van der Waals surface area contributed by atoms with E-state index in [1.54, 1.807) is 11.3 Å². The van der Waals surface area contributed by atoms with E-state index in [0.717, 1.165) is 29.7 Å². The Morgan fingerprint density at radius 3 is 2.81 bits per heavy atom. The molecule has 0 aliphatic heterocycles. The number of thiophene rings is 1. The van der Waals surface area contributed by atoms with E-state index in [2.05, 4.69) is 22.1 Å². The molecule has 0 unspecified atom stereocenters. The van der Waals surface area contributed by atoms with Crippen LogP contribution in [0.1, 0.15) is 34.3 Å². The summed E-state index contributed by atoms with van der Waals surface area (Å²) < 4.78 is 0. The molecular weight excluding hydrogens is 280 g/mol. The van der Waals surface area contributed by atoms with Crippen molar-refractivity contribution in [2.24, 2.45) is 0 Å². The average Bonchev–Trinajstić information content (AvgIpc) is 3.20. The molecule has 1 aliphatic carbocycles. The van der Waals surface area contributed by atoms with Crippen molar-refractivity contribution in [3.63, 3.8) is 0 Å². The number of amides is 1. The lowest BCUT2D eigenvalue weighted by Gasteiger charge is -2.23. The van der Waals surface area contributed by atoms with Crippen LogP contribution >= 0.6 is 11.3 Å². The molecule has 1 heterocycles. The molecule has 3 nitrogen and oxygen atoms in total. The maximum atomic E-state index is 12.9. The fourth-order valence-corrected chi connectivity index (χ4v) is 3.20. The van der Waals surface area contributed by atoms with E-state index in [0.29, 0.717) is 12.6 Å². The van der Waals surface area contributed by atoms with Crippen molar-refractivity contribution in [3.05, 3.63) is 51.7 Å². The molecule has 110 valence electrons. The number of nitrogens with one attached hydrogen (secondary N) is 1. The lowest BCUT2D eigenvalue weighted by molar-refractivity contribution is 0.0731. The van der Waals surface area contributed by atoms with Crippen LogP contribution in [0.3, 0.4) is 0 Å². The van der Waals surface area contributed by atoms with Gasteiger partial charge >= 0.3 is 0 Å². The van der Waals surface area contributed by atoms with Gasteiger partial charge in [0.25, 0.3) is 5.91 Å². The molecule has 1 saturated carbocycles. The van der Waals surface area contributed by atoms with Gasteiger partial charge in [-0.05, 0) is 59.9 Å². The first-order valence-electron chi connectivity index (χ1n) is 7.29. The van der Waals surface area contributed by atoms with Crippen LogP contribution in [0.25, 0.3) is 0 Å². The second-order valence-corrected chi connectivity index (χ2v) is 6.37. The first kappa shape index (κ1) is 14.1. The smallest absolute Gasteiger partial charge is 0.256 e. The molecule has 0 radical (unpaired) electrons. The van der Waals surface area contributed by atoms with Gasteiger partial charge in [-0.15, -0.1) is 0 Å². The molecule has 0 atom stereocenters. The zero-order chi connectivity index (χ0) is 14.8. The topological polar surface area (TPSA) is 32.3 Å². The van der Waals surface area contributed by atoms with Gasteiger partial charge in [0, 0.05) is 25.3 Å². The van der Waals surface area contributed by atoms with E-state index < -0.39 is 0 Å². The van der Waals surface area contributed by atoms with Crippen molar-refractivity contribution in [3.8, 4) is 0 Å². The summed E-state index contributed by atoms with van der Waals surface area (Å²) in [5, 5.41) is 7.33. The van der Waals surface area contributed by atoms with Gasteiger partial charge in [-0.1, -0.05) is 6.07 Å². The van der Waals surface area contributed by atoms with Crippen LogP contribution in [-0.2, 0) is 6.54 Å². The van der Waals surface area contributed by atoms with Crippen molar-refractivity contribution in [1.82, 2.24) is 4.90 Å². The summed E-state index contributed by atoms with van der Waals surface area (Å²) in [6, 6.07) is 8.48. The van der Waals surface area contributed by atoms with Gasteiger partial charge in [0.1, 0.15) is 0 Å². The predicted molar refractivity (Wildman–Crippen MR) is 87.9 cm³/mol. The number of hydrogen-bond donors (Lipinski definition) is 1. The van der Waals surface area contributed by atoms with E-state index >= 15 is 0 Å². The monoisotopic (exact) mass is 300 g/mol. The summed E-state index contributed by atoms with van der Waals surface area (Å²) in [5.41, 5.74) is 4.06. The first-order valence-corrected chi connectivity index (χ1v) is 8.24. The number of aryl methyl sites for hydroxylation is 1. The van der Waals surface area contributed by atoms with Gasteiger partial charge in [-0.25, -0.2) is 0 Å². The van der Waals surface area contributed by atoms with Crippen LogP contribution < -0.4 is 5.32 Å². The molecule has 1 fully saturated rings. The third-order valence-electron chi connectivity index (χ3n) is 3.86. The third-order valence-corrected chi connectivity index (χ3v) is 4.59. The summed E-state index contributed by atoms with van der Waals surface area (Å²) in [6.45, 7) is 2.75. The Bertz CT molecular complexity index is 632. The van der Waals surface area contributed by atoms with Crippen molar-refractivity contribution >= 4 is 22.9 Å². The molecule has 0 spiro atoms. The SMILES string of the molecule is CNc1cc(C)ccc1C(=O)N(Cc1ccsc1)C1CC1. The highest BCUT2D eigenvalue weighted by Gasteiger charge is 2.33. The van der Waals surface area contributed by atoms with Crippen molar-refractivity contribution in [1.29, 1.82) is 0 Å². The van der Waals surface area contributed by atoms with E-state index in [4.69, 9.17) is 0 Å². The van der Waals surface area contributed by atoms with Gasteiger partial charge in [-0.2, -0.15) is 11.3 Å². The number of hydrogen-bond acceptors (Lipinski definition) is 3. The summed E-state index contributed by atoms with van der Waals surface area (Å²) in [6.07, 6.45) is 2.24. The second kappa shape index (κ2) is 5.90. The molecule has 4 heteroatoms. The highest BCUT2D eigenvalue weighted by molar-refractivity contribution is 7.07. The van der Waals surface area contributed by atoms with Gasteiger partial charge in [-0.3, -0.25) is 4.79 Å². The number of anilines is 1. The fourth-order valence-electron chi connectivity index (χ4n) is 2.54. The molecule has 3 rings (SSSR count). The van der Waals surface area contributed by atoms with Crippen molar-refractivity contribution in [2.45, 2.75) is 32.4 Å². The molecule has 1 aliphatic rings. The second-order valence-electron chi connectivity index (χ2n) is 5.59. The lowest BCUT2D eigenvalue weighted by Crippen LogP contribution is -2.32. The average molecular weight is 300 g/mol. The fraction of sp³-hybridized carbons (Fsp3) is 0.353. The Morgan fingerprint density at radius 1 is 1.38 bits per heavy atom. The minimum Gasteiger partial charge on any atom is -0.387 e. The molecule has 1 amide bonds. The number of carbonyl (C=O) groups excluding carboxylic acids is 1. The Labute approximate surface area is 129 Å². The molecule has 1 N–H and O–H groups in total. The molecular formula is C17H20N2OS. The van der Waals surface area contributed by atoms with E-state index in [-0.39, 0.29) is 5.91 Å². The highest BCUT2D eigenvalue weighted by atomic mass is 32.1. The largest absolute Gasteiger partial charge is 0.387 e. The third kappa shape index (κ3) is 3.10. The van der Waals surface area contributed by atoms with Crippen LogP contribution in [0.5, 0.6) is 0 Å². The highest BCUT2D eigenvalue weighted by Crippen LogP contribution is 2.31. The molecule has 1 aromatic carbocycles. The van der Waals surface area contributed by atoms with Crippen LogP contribution in [0.2, 0.25) is 0 Å². The number of nitrogens with zero attached hydrogens (tertiary/aromatic N) is 1. The molecule has 21 heavy (non-hydrogen) atoms. The number of rotatable bonds is 5. The molecule has 0 saturated heterocycles. The maximum Gasteiger partial charge on any atom is 0.256 e. The summed E-state index contributed by atoms with van der Waals surface area (Å²) in [7, 11) is 1.87. The zero-order valence-corrected chi connectivity index (χ0v) is 13.2.